The second-order valence-electron chi connectivity index (χ2n) is 2.20. The molecule has 0 spiro atoms. The van der Waals surface area contributed by atoms with E-state index in [-0.39, 0.29) is 0 Å². The van der Waals surface area contributed by atoms with Gasteiger partial charge in [-0.2, -0.15) is 0 Å². The molecular weight excluding hydrogens is 163 g/mol. The van der Waals surface area contributed by atoms with Crippen molar-refractivity contribution in [2.45, 2.75) is 19.1 Å². The van der Waals surface area contributed by atoms with Crippen LogP contribution >= 0.6 is 0 Å². The molecule has 0 saturated heterocycles. The molecule has 2 atom stereocenters. The van der Waals surface area contributed by atoms with Gasteiger partial charge >= 0.3 is 5.97 Å². The molecule has 11 heavy (non-hydrogen) atoms. The van der Waals surface area contributed by atoms with Gasteiger partial charge in [0.1, 0.15) is 0 Å². The number of nitrogens with two attached hydrogens (primary N) is 1. The van der Waals surface area contributed by atoms with Crippen LogP contribution in [-0.2, 0) is 4.79 Å². The van der Waals surface area contributed by atoms with Gasteiger partial charge in [0.2, 0.25) is 6.43 Å². The highest BCUT2D eigenvalue weighted by atomic mass is 19.3. The maximum absolute atomic E-state index is 12.6. The van der Waals surface area contributed by atoms with Crippen molar-refractivity contribution < 1.29 is 23.1 Å². The summed E-state index contributed by atoms with van der Waals surface area (Å²) in [5.74, 6) is -7.45. The van der Waals surface area contributed by atoms with E-state index >= 15 is 0 Å². The average molecular weight is 171 g/mol. The van der Waals surface area contributed by atoms with Gasteiger partial charge in [-0.1, -0.05) is 6.92 Å². The van der Waals surface area contributed by atoms with Crippen LogP contribution in [0.1, 0.15) is 6.92 Å². The third-order valence-corrected chi connectivity index (χ3v) is 1.37. The van der Waals surface area contributed by atoms with Crippen LogP contribution in [0, 0.1) is 5.92 Å². The molecule has 0 heterocycles. The van der Waals surface area contributed by atoms with Crippen LogP contribution in [0.25, 0.3) is 0 Å². The fourth-order valence-electron chi connectivity index (χ4n) is 0.378. The lowest BCUT2D eigenvalue weighted by Crippen LogP contribution is -2.51. The molecule has 0 rings (SSSR count). The summed E-state index contributed by atoms with van der Waals surface area (Å²) in [7, 11) is 0. The standard InChI is InChI=1S/C5H8F3NO2/c1-2(3(6)7)5(8,9)4(10)11/h2-3H,9H2,1H3,(H,10,11)/t2-,5+/m0/s1. The highest BCUT2D eigenvalue weighted by Crippen LogP contribution is 2.22. The fourth-order valence-corrected chi connectivity index (χ4v) is 0.378. The van der Waals surface area contributed by atoms with E-state index in [1.54, 1.807) is 0 Å². The number of carbonyl (C=O) groups is 1. The van der Waals surface area contributed by atoms with E-state index in [9.17, 15) is 18.0 Å². The Bertz CT molecular complexity index is 160. The first-order valence-corrected chi connectivity index (χ1v) is 2.79. The summed E-state index contributed by atoms with van der Waals surface area (Å²) in [4.78, 5) is 9.93. The topological polar surface area (TPSA) is 63.3 Å². The zero-order valence-electron chi connectivity index (χ0n) is 5.72. The molecule has 3 nitrogen and oxygen atoms in total. The summed E-state index contributed by atoms with van der Waals surface area (Å²) in [6, 6.07) is 0. The molecular formula is C5H8F3NO2. The van der Waals surface area contributed by atoms with Gasteiger partial charge in [-0.25, -0.2) is 18.0 Å². The molecule has 0 radical (unpaired) electrons. The Balaban J connectivity index is 4.42. The number of alkyl halides is 3. The molecule has 0 aliphatic carbocycles. The predicted octanol–water partition coefficient (Wildman–Crippen LogP) is 0.597. The van der Waals surface area contributed by atoms with Gasteiger partial charge in [0.05, 0.1) is 5.92 Å². The van der Waals surface area contributed by atoms with Gasteiger partial charge in [0, 0.05) is 0 Å². The van der Waals surface area contributed by atoms with E-state index in [1.807, 2.05) is 0 Å². The van der Waals surface area contributed by atoms with Gasteiger partial charge in [0.15, 0.2) is 0 Å². The average Bonchev–Trinajstić information content (AvgIpc) is 1.85. The SMILES string of the molecule is C[C@@H](C(F)F)[C@](N)(F)C(=O)O. The van der Waals surface area contributed by atoms with Crippen molar-refractivity contribution in [1.82, 2.24) is 0 Å². The van der Waals surface area contributed by atoms with Crippen LogP contribution in [0.2, 0.25) is 0 Å². The first-order valence-electron chi connectivity index (χ1n) is 2.79. The van der Waals surface area contributed by atoms with Crippen LogP contribution in [0.4, 0.5) is 13.2 Å². The number of halogens is 3. The lowest BCUT2D eigenvalue weighted by Gasteiger charge is -2.21. The van der Waals surface area contributed by atoms with E-state index in [1.165, 1.54) is 0 Å². The minimum atomic E-state index is -3.35. The van der Waals surface area contributed by atoms with E-state index < -0.39 is 24.1 Å². The van der Waals surface area contributed by atoms with Crippen molar-refractivity contribution in [3.63, 3.8) is 0 Å². The summed E-state index contributed by atoms with van der Waals surface area (Å²) in [6.07, 6.45) is -3.08. The molecule has 3 N–H and O–H groups in total. The quantitative estimate of drug-likeness (QED) is 0.611. The lowest BCUT2D eigenvalue weighted by atomic mass is 10.0. The zero-order valence-corrected chi connectivity index (χ0v) is 5.72. The molecule has 0 fully saturated rings. The minimum absolute atomic E-state index is 0.735. The van der Waals surface area contributed by atoms with Crippen LogP contribution < -0.4 is 5.73 Å². The van der Waals surface area contributed by atoms with Crippen LogP contribution in [0.15, 0.2) is 0 Å². The van der Waals surface area contributed by atoms with E-state index in [0.717, 1.165) is 6.92 Å². The Hall–Kier alpha value is -0.780. The fraction of sp³-hybridized carbons (Fsp3) is 0.800. The summed E-state index contributed by atoms with van der Waals surface area (Å²) in [6.45, 7) is 0.735. The van der Waals surface area contributed by atoms with Crippen molar-refractivity contribution in [3.05, 3.63) is 0 Å². The summed E-state index contributed by atoms with van der Waals surface area (Å²) in [5, 5.41) is 8.03. The predicted molar refractivity (Wildman–Crippen MR) is 30.8 cm³/mol. The van der Waals surface area contributed by atoms with E-state index in [2.05, 4.69) is 5.73 Å². The lowest BCUT2D eigenvalue weighted by molar-refractivity contribution is -0.159. The second kappa shape index (κ2) is 3.08. The third kappa shape index (κ3) is 2.07. The minimum Gasteiger partial charge on any atom is -0.478 e. The highest BCUT2D eigenvalue weighted by molar-refractivity contribution is 5.76. The molecule has 0 amide bonds. The van der Waals surface area contributed by atoms with Crippen molar-refractivity contribution >= 4 is 5.97 Å². The number of carboxylic acids is 1. The number of hydrogen-bond acceptors (Lipinski definition) is 2. The summed E-state index contributed by atoms with van der Waals surface area (Å²) < 4.78 is 36.0. The zero-order chi connectivity index (χ0) is 9.23. The van der Waals surface area contributed by atoms with Gasteiger partial charge in [0.25, 0.3) is 5.79 Å². The van der Waals surface area contributed by atoms with Crippen LogP contribution in [0.3, 0.4) is 0 Å². The monoisotopic (exact) mass is 171 g/mol. The van der Waals surface area contributed by atoms with Crippen LogP contribution in [0.5, 0.6) is 0 Å². The smallest absolute Gasteiger partial charge is 0.357 e. The van der Waals surface area contributed by atoms with Crippen molar-refractivity contribution in [2.24, 2.45) is 11.7 Å². The maximum atomic E-state index is 12.6. The molecule has 0 unspecified atom stereocenters. The molecule has 0 saturated carbocycles. The molecule has 6 heteroatoms. The van der Waals surface area contributed by atoms with Crippen molar-refractivity contribution in [2.75, 3.05) is 0 Å². The first-order chi connectivity index (χ1) is 4.80. The number of hydrogen-bond donors (Lipinski definition) is 2. The Kier molecular flexibility index (Phi) is 2.86. The molecule has 0 aliphatic rings. The van der Waals surface area contributed by atoms with E-state index in [4.69, 9.17) is 5.11 Å². The van der Waals surface area contributed by atoms with Gasteiger partial charge in [-0.15, -0.1) is 0 Å². The van der Waals surface area contributed by atoms with Gasteiger partial charge in [-0.05, 0) is 0 Å². The molecule has 0 aliphatic heterocycles. The van der Waals surface area contributed by atoms with Crippen LogP contribution in [-0.4, -0.2) is 23.3 Å². The molecule has 66 valence electrons. The summed E-state index contributed by atoms with van der Waals surface area (Å²) >= 11 is 0. The highest BCUT2D eigenvalue weighted by Gasteiger charge is 2.44. The normalized spacial score (nSPS) is 19.5. The Morgan fingerprint density at radius 3 is 2.09 bits per heavy atom. The Morgan fingerprint density at radius 1 is 1.64 bits per heavy atom. The number of carboxylic acid groups (broad SMARTS) is 1. The molecule has 0 aromatic rings. The molecule has 0 aromatic heterocycles. The number of aliphatic carboxylic acids is 1. The van der Waals surface area contributed by atoms with Crippen molar-refractivity contribution in [3.8, 4) is 0 Å². The second-order valence-corrected chi connectivity index (χ2v) is 2.20. The summed E-state index contributed by atoms with van der Waals surface area (Å²) in [5.41, 5.74) is 4.46. The van der Waals surface area contributed by atoms with Gasteiger partial charge in [-0.3, -0.25) is 5.73 Å². The molecule has 0 bridgehead atoms. The first kappa shape index (κ1) is 10.2. The molecule has 0 aromatic carbocycles. The third-order valence-electron chi connectivity index (χ3n) is 1.37. The largest absolute Gasteiger partial charge is 0.478 e. The van der Waals surface area contributed by atoms with Crippen molar-refractivity contribution in [1.29, 1.82) is 0 Å². The number of rotatable bonds is 3. The Labute approximate surface area is 61.0 Å². The maximum Gasteiger partial charge on any atom is 0.357 e. The van der Waals surface area contributed by atoms with E-state index in [0.29, 0.717) is 0 Å². The Morgan fingerprint density at radius 2 is 2.00 bits per heavy atom. The van der Waals surface area contributed by atoms with Gasteiger partial charge < -0.3 is 5.11 Å².